The van der Waals surface area contributed by atoms with Gasteiger partial charge in [0.15, 0.2) is 0 Å². The Morgan fingerprint density at radius 3 is 2.88 bits per heavy atom. The third-order valence-electron chi connectivity index (χ3n) is 2.05. The number of hydrogen-bond donors (Lipinski definition) is 2. The minimum atomic E-state index is -0.199. The molecule has 2 N–H and O–H groups in total. The standard InChI is InChI=1S/C11H10BrN3O/c1-7-4-8(12)6-9(5-7)14-11(16)10-2-3-13-15-10/h2-6H,1H3,(H,13,15)(H,14,16). The first-order valence-corrected chi connectivity index (χ1v) is 5.52. The van der Waals surface area contributed by atoms with E-state index in [0.29, 0.717) is 5.69 Å². The first-order valence-electron chi connectivity index (χ1n) is 4.73. The fourth-order valence-corrected chi connectivity index (χ4v) is 2.00. The summed E-state index contributed by atoms with van der Waals surface area (Å²) in [7, 11) is 0. The molecule has 0 aliphatic rings. The van der Waals surface area contributed by atoms with Crippen molar-refractivity contribution < 1.29 is 4.79 Å². The Labute approximate surface area is 101 Å². The van der Waals surface area contributed by atoms with Gasteiger partial charge in [-0.2, -0.15) is 5.10 Å². The normalized spacial score (nSPS) is 10.1. The minimum absolute atomic E-state index is 0.199. The molecule has 5 heteroatoms. The second-order valence-corrected chi connectivity index (χ2v) is 4.36. The van der Waals surface area contributed by atoms with Crippen LogP contribution in [0.1, 0.15) is 16.1 Å². The van der Waals surface area contributed by atoms with Crippen LogP contribution >= 0.6 is 15.9 Å². The van der Waals surface area contributed by atoms with Gasteiger partial charge in [-0.3, -0.25) is 9.89 Å². The average molecular weight is 280 g/mol. The van der Waals surface area contributed by atoms with Crippen molar-refractivity contribution >= 4 is 27.5 Å². The number of H-pyrrole nitrogens is 1. The number of benzene rings is 1. The van der Waals surface area contributed by atoms with Gasteiger partial charge in [-0.25, -0.2) is 0 Å². The van der Waals surface area contributed by atoms with Crippen molar-refractivity contribution in [3.05, 3.63) is 46.2 Å². The first-order chi connectivity index (χ1) is 7.65. The lowest BCUT2D eigenvalue weighted by Gasteiger charge is -2.05. The van der Waals surface area contributed by atoms with E-state index in [4.69, 9.17) is 0 Å². The molecule has 0 aliphatic carbocycles. The highest BCUT2D eigenvalue weighted by molar-refractivity contribution is 9.10. The summed E-state index contributed by atoms with van der Waals surface area (Å²) in [5.74, 6) is -0.199. The van der Waals surface area contributed by atoms with Gasteiger partial charge in [0.1, 0.15) is 5.69 Å². The van der Waals surface area contributed by atoms with Crippen LogP contribution in [0.15, 0.2) is 34.9 Å². The van der Waals surface area contributed by atoms with Gasteiger partial charge in [-0.05, 0) is 36.8 Å². The van der Waals surface area contributed by atoms with Gasteiger partial charge >= 0.3 is 0 Å². The molecule has 1 amide bonds. The Bertz CT molecular complexity index is 488. The van der Waals surface area contributed by atoms with Gasteiger partial charge in [0.25, 0.3) is 5.91 Å². The summed E-state index contributed by atoms with van der Waals surface area (Å²) in [5.41, 5.74) is 2.28. The molecule has 2 aromatic rings. The minimum Gasteiger partial charge on any atom is -0.321 e. The van der Waals surface area contributed by atoms with Crippen molar-refractivity contribution in [2.75, 3.05) is 5.32 Å². The summed E-state index contributed by atoms with van der Waals surface area (Å²) in [6.07, 6.45) is 1.54. The molecular weight excluding hydrogens is 270 g/mol. The van der Waals surface area contributed by atoms with Gasteiger partial charge < -0.3 is 5.32 Å². The van der Waals surface area contributed by atoms with Crippen LogP contribution in [0.5, 0.6) is 0 Å². The van der Waals surface area contributed by atoms with Gasteiger partial charge in [0, 0.05) is 16.4 Å². The summed E-state index contributed by atoms with van der Waals surface area (Å²) in [6.45, 7) is 1.97. The Hall–Kier alpha value is -1.62. The fraction of sp³-hybridized carbons (Fsp3) is 0.0909. The van der Waals surface area contributed by atoms with Crippen LogP contribution in [0, 0.1) is 6.92 Å². The largest absolute Gasteiger partial charge is 0.321 e. The van der Waals surface area contributed by atoms with Crippen molar-refractivity contribution in [1.82, 2.24) is 10.2 Å². The molecule has 0 bridgehead atoms. The second-order valence-electron chi connectivity index (χ2n) is 3.44. The number of aryl methyl sites for hydroxylation is 1. The second kappa shape index (κ2) is 4.49. The number of carbonyl (C=O) groups is 1. The van der Waals surface area contributed by atoms with Crippen LogP contribution in [-0.4, -0.2) is 16.1 Å². The van der Waals surface area contributed by atoms with E-state index in [0.717, 1.165) is 15.7 Å². The number of amides is 1. The highest BCUT2D eigenvalue weighted by Gasteiger charge is 2.07. The lowest BCUT2D eigenvalue weighted by Crippen LogP contribution is -2.12. The fourth-order valence-electron chi connectivity index (χ4n) is 1.39. The number of carbonyl (C=O) groups excluding carboxylic acids is 1. The van der Waals surface area contributed by atoms with Gasteiger partial charge in [-0.15, -0.1) is 0 Å². The summed E-state index contributed by atoms with van der Waals surface area (Å²) >= 11 is 3.38. The molecule has 0 radical (unpaired) electrons. The summed E-state index contributed by atoms with van der Waals surface area (Å²) < 4.78 is 0.937. The monoisotopic (exact) mass is 279 g/mol. The van der Waals surface area contributed by atoms with E-state index in [1.54, 1.807) is 12.3 Å². The number of anilines is 1. The van der Waals surface area contributed by atoms with Crippen LogP contribution < -0.4 is 5.32 Å². The van der Waals surface area contributed by atoms with Crippen molar-refractivity contribution in [1.29, 1.82) is 0 Å². The third-order valence-corrected chi connectivity index (χ3v) is 2.50. The number of aromatic nitrogens is 2. The zero-order chi connectivity index (χ0) is 11.5. The van der Waals surface area contributed by atoms with E-state index in [1.165, 1.54) is 0 Å². The van der Waals surface area contributed by atoms with Gasteiger partial charge in [0.05, 0.1) is 0 Å². The van der Waals surface area contributed by atoms with Crippen molar-refractivity contribution in [3.8, 4) is 0 Å². The Morgan fingerprint density at radius 2 is 2.25 bits per heavy atom. The molecule has 16 heavy (non-hydrogen) atoms. The summed E-state index contributed by atoms with van der Waals surface area (Å²) in [5, 5.41) is 9.12. The number of nitrogens with zero attached hydrogens (tertiary/aromatic N) is 1. The topological polar surface area (TPSA) is 57.8 Å². The quantitative estimate of drug-likeness (QED) is 0.888. The van der Waals surface area contributed by atoms with Crippen molar-refractivity contribution in [2.45, 2.75) is 6.92 Å². The van der Waals surface area contributed by atoms with E-state index < -0.39 is 0 Å². The average Bonchev–Trinajstić information content (AvgIpc) is 2.68. The number of aromatic amines is 1. The van der Waals surface area contributed by atoms with Gasteiger partial charge in [-0.1, -0.05) is 15.9 Å². The Kier molecular flexibility index (Phi) is 3.05. The molecule has 4 nitrogen and oxygen atoms in total. The molecule has 0 saturated heterocycles. The lowest BCUT2D eigenvalue weighted by molar-refractivity contribution is 0.102. The molecule has 82 valence electrons. The maximum Gasteiger partial charge on any atom is 0.273 e. The number of halogens is 1. The van der Waals surface area contributed by atoms with E-state index in [-0.39, 0.29) is 5.91 Å². The molecule has 0 unspecified atom stereocenters. The molecule has 0 saturated carbocycles. The SMILES string of the molecule is Cc1cc(Br)cc(NC(=O)c2ccn[nH]2)c1. The van der Waals surface area contributed by atoms with Crippen molar-refractivity contribution in [3.63, 3.8) is 0 Å². The molecule has 2 rings (SSSR count). The van der Waals surface area contributed by atoms with Crippen LogP contribution in [0.2, 0.25) is 0 Å². The highest BCUT2D eigenvalue weighted by atomic mass is 79.9. The van der Waals surface area contributed by atoms with E-state index in [9.17, 15) is 4.79 Å². The Balaban J connectivity index is 2.18. The molecule has 0 fully saturated rings. The predicted molar refractivity (Wildman–Crippen MR) is 65.4 cm³/mol. The van der Waals surface area contributed by atoms with E-state index >= 15 is 0 Å². The zero-order valence-electron chi connectivity index (χ0n) is 8.62. The number of nitrogens with one attached hydrogen (secondary N) is 2. The molecule has 1 aromatic heterocycles. The molecule has 0 aliphatic heterocycles. The van der Waals surface area contributed by atoms with E-state index in [1.807, 2.05) is 25.1 Å². The lowest BCUT2D eigenvalue weighted by atomic mass is 10.2. The van der Waals surface area contributed by atoms with E-state index in [2.05, 4.69) is 31.4 Å². The van der Waals surface area contributed by atoms with Crippen LogP contribution in [0.4, 0.5) is 5.69 Å². The molecule has 1 aromatic carbocycles. The maximum atomic E-state index is 11.7. The van der Waals surface area contributed by atoms with Crippen LogP contribution in [-0.2, 0) is 0 Å². The smallest absolute Gasteiger partial charge is 0.273 e. The first kappa shape index (κ1) is 10.9. The number of hydrogen-bond acceptors (Lipinski definition) is 2. The predicted octanol–water partition coefficient (Wildman–Crippen LogP) is 2.73. The Morgan fingerprint density at radius 1 is 1.44 bits per heavy atom. The number of rotatable bonds is 2. The maximum absolute atomic E-state index is 11.7. The third kappa shape index (κ3) is 2.49. The summed E-state index contributed by atoms with van der Waals surface area (Å²) in [4.78, 5) is 11.7. The highest BCUT2D eigenvalue weighted by Crippen LogP contribution is 2.19. The van der Waals surface area contributed by atoms with Crippen LogP contribution in [0.3, 0.4) is 0 Å². The summed E-state index contributed by atoms with van der Waals surface area (Å²) in [6, 6.07) is 7.35. The molecular formula is C11H10BrN3O. The molecule has 1 heterocycles. The molecule has 0 spiro atoms. The van der Waals surface area contributed by atoms with Gasteiger partial charge in [0.2, 0.25) is 0 Å². The van der Waals surface area contributed by atoms with Crippen molar-refractivity contribution in [2.24, 2.45) is 0 Å². The van der Waals surface area contributed by atoms with Crippen LogP contribution in [0.25, 0.3) is 0 Å². The molecule has 0 atom stereocenters. The zero-order valence-corrected chi connectivity index (χ0v) is 10.2.